The summed E-state index contributed by atoms with van der Waals surface area (Å²) in [5.41, 5.74) is 1.49. The average molecular weight is 266 g/mol. The maximum absolute atomic E-state index is 11.5. The van der Waals surface area contributed by atoms with Gasteiger partial charge in [-0.15, -0.1) is 0 Å². The van der Waals surface area contributed by atoms with Crippen molar-refractivity contribution in [3.63, 3.8) is 0 Å². The summed E-state index contributed by atoms with van der Waals surface area (Å²) in [6.45, 7) is 2.12. The Morgan fingerprint density at radius 3 is 3.00 bits per heavy atom. The number of oxazole rings is 1. The molecule has 0 N–H and O–H groups in total. The number of carbonyl (C=O) groups excluding carboxylic acids is 1. The minimum atomic E-state index is -0.299. The fraction of sp³-hybridized carbons (Fsp3) is 0.231. The Morgan fingerprint density at radius 2 is 2.33 bits per heavy atom. The zero-order valence-electron chi connectivity index (χ0n) is 9.85. The van der Waals surface area contributed by atoms with Crippen LogP contribution in [0.5, 0.6) is 0 Å². The van der Waals surface area contributed by atoms with E-state index in [-0.39, 0.29) is 12.4 Å². The first kappa shape index (κ1) is 12.6. The molecule has 18 heavy (non-hydrogen) atoms. The fourth-order valence-corrected chi connectivity index (χ4v) is 1.84. The zero-order chi connectivity index (χ0) is 13.0. The number of carbonyl (C=O) groups is 1. The van der Waals surface area contributed by atoms with Crippen LogP contribution in [-0.4, -0.2) is 17.6 Å². The lowest BCUT2D eigenvalue weighted by Gasteiger charge is -2.07. The van der Waals surface area contributed by atoms with E-state index in [1.165, 1.54) is 6.26 Å². The normalized spacial score (nSPS) is 10.3. The first-order chi connectivity index (χ1) is 8.70. The van der Waals surface area contributed by atoms with Crippen LogP contribution in [0, 0.1) is 0 Å². The molecule has 0 aliphatic carbocycles. The Hall–Kier alpha value is -1.81. The third kappa shape index (κ3) is 2.90. The Morgan fingerprint density at radius 1 is 1.50 bits per heavy atom. The van der Waals surface area contributed by atoms with Gasteiger partial charge in [-0.05, 0) is 30.7 Å². The molecule has 0 radical (unpaired) electrons. The average Bonchev–Trinajstić information content (AvgIpc) is 2.83. The van der Waals surface area contributed by atoms with Crippen LogP contribution in [0.1, 0.15) is 12.5 Å². The Kier molecular flexibility index (Phi) is 3.99. The summed E-state index contributed by atoms with van der Waals surface area (Å²) in [6.07, 6.45) is 3.18. The summed E-state index contributed by atoms with van der Waals surface area (Å²) in [7, 11) is 0. The van der Waals surface area contributed by atoms with E-state index in [9.17, 15) is 4.79 Å². The van der Waals surface area contributed by atoms with Gasteiger partial charge in [-0.1, -0.05) is 11.6 Å². The molecule has 0 bridgehead atoms. The first-order valence-corrected chi connectivity index (χ1v) is 5.92. The van der Waals surface area contributed by atoms with E-state index in [1.807, 2.05) is 0 Å². The SMILES string of the molecule is CCOC(=O)Cc1cc(Cl)ccc1-c1ncco1. The van der Waals surface area contributed by atoms with Crippen molar-refractivity contribution in [1.82, 2.24) is 4.98 Å². The van der Waals surface area contributed by atoms with Gasteiger partial charge in [-0.2, -0.15) is 0 Å². The minimum Gasteiger partial charge on any atom is -0.466 e. The first-order valence-electron chi connectivity index (χ1n) is 5.54. The number of hydrogen-bond donors (Lipinski definition) is 0. The van der Waals surface area contributed by atoms with Crippen molar-refractivity contribution in [2.24, 2.45) is 0 Å². The van der Waals surface area contributed by atoms with Crippen LogP contribution in [0.3, 0.4) is 0 Å². The van der Waals surface area contributed by atoms with Gasteiger partial charge in [0, 0.05) is 10.6 Å². The lowest BCUT2D eigenvalue weighted by atomic mass is 10.0. The summed E-state index contributed by atoms with van der Waals surface area (Å²) < 4.78 is 10.2. The lowest BCUT2D eigenvalue weighted by Crippen LogP contribution is -2.08. The van der Waals surface area contributed by atoms with Gasteiger partial charge in [0.25, 0.3) is 0 Å². The Balaban J connectivity index is 2.32. The molecule has 5 heteroatoms. The second-order valence-electron chi connectivity index (χ2n) is 3.62. The molecule has 2 aromatic rings. The maximum atomic E-state index is 11.5. The van der Waals surface area contributed by atoms with Gasteiger partial charge >= 0.3 is 5.97 Å². The van der Waals surface area contributed by atoms with E-state index in [2.05, 4.69) is 4.98 Å². The van der Waals surface area contributed by atoms with Gasteiger partial charge in [0.1, 0.15) is 6.26 Å². The van der Waals surface area contributed by atoms with Crippen molar-refractivity contribution in [1.29, 1.82) is 0 Å². The predicted octanol–water partition coefficient (Wildman–Crippen LogP) is 3.10. The molecule has 0 amide bonds. The highest BCUT2D eigenvalue weighted by Crippen LogP contribution is 2.25. The lowest BCUT2D eigenvalue weighted by molar-refractivity contribution is -0.142. The van der Waals surface area contributed by atoms with Crippen molar-refractivity contribution in [2.45, 2.75) is 13.3 Å². The van der Waals surface area contributed by atoms with Gasteiger partial charge in [-0.3, -0.25) is 4.79 Å². The summed E-state index contributed by atoms with van der Waals surface area (Å²) in [5.74, 6) is 0.165. The van der Waals surface area contributed by atoms with E-state index < -0.39 is 0 Å². The Labute approximate surface area is 110 Å². The van der Waals surface area contributed by atoms with E-state index in [0.29, 0.717) is 17.5 Å². The molecule has 0 saturated heterocycles. The second-order valence-corrected chi connectivity index (χ2v) is 4.06. The van der Waals surface area contributed by atoms with Crippen molar-refractivity contribution in [3.05, 3.63) is 41.2 Å². The molecule has 2 rings (SSSR count). The summed E-state index contributed by atoms with van der Waals surface area (Å²) in [6, 6.07) is 5.23. The van der Waals surface area contributed by atoms with Gasteiger partial charge in [-0.25, -0.2) is 4.98 Å². The molecule has 0 atom stereocenters. The molecule has 0 aliphatic rings. The van der Waals surface area contributed by atoms with Crippen LogP contribution in [-0.2, 0) is 16.0 Å². The van der Waals surface area contributed by atoms with Crippen LogP contribution in [0.25, 0.3) is 11.5 Å². The van der Waals surface area contributed by atoms with E-state index in [4.69, 9.17) is 20.8 Å². The van der Waals surface area contributed by atoms with E-state index in [1.54, 1.807) is 31.3 Å². The number of nitrogens with zero attached hydrogens (tertiary/aromatic N) is 1. The minimum absolute atomic E-state index is 0.145. The molecule has 1 aromatic carbocycles. The third-order valence-electron chi connectivity index (χ3n) is 2.37. The van der Waals surface area contributed by atoms with Crippen molar-refractivity contribution in [2.75, 3.05) is 6.61 Å². The van der Waals surface area contributed by atoms with Gasteiger partial charge < -0.3 is 9.15 Å². The quantitative estimate of drug-likeness (QED) is 0.797. The van der Waals surface area contributed by atoms with Crippen LogP contribution in [0.15, 0.2) is 35.1 Å². The maximum Gasteiger partial charge on any atom is 0.310 e. The molecule has 4 nitrogen and oxygen atoms in total. The monoisotopic (exact) mass is 265 g/mol. The molecule has 94 valence electrons. The van der Waals surface area contributed by atoms with Gasteiger partial charge in [0.2, 0.25) is 5.89 Å². The molecule has 0 unspecified atom stereocenters. The zero-order valence-corrected chi connectivity index (χ0v) is 10.6. The summed E-state index contributed by atoms with van der Waals surface area (Å²) in [5, 5.41) is 0.560. The molecular weight excluding hydrogens is 254 g/mol. The second kappa shape index (κ2) is 5.69. The molecule has 0 saturated carbocycles. The van der Waals surface area contributed by atoms with Crippen molar-refractivity contribution >= 4 is 17.6 Å². The van der Waals surface area contributed by atoms with E-state index in [0.717, 1.165) is 11.1 Å². The van der Waals surface area contributed by atoms with Crippen molar-refractivity contribution < 1.29 is 13.9 Å². The van der Waals surface area contributed by atoms with Crippen LogP contribution >= 0.6 is 11.6 Å². The molecule has 0 fully saturated rings. The molecule has 0 spiro atoms. The number of benzene rings is 1. The number of ether oxygens (including phenoxy) is 1. The fourth-order valence-electron chi connectivity index (χ4n) is 1.64. The largest absolute Gasteiger partial charge is 0.466 e. The molecule has 0 aliphatic heterocycles. The molecule has 1 heterocycles. The highest BCUT2D eigenvalue weighted by molar-refractivity contribution is 6.30. The number of hydrogen-bond acceptors (Lipinski definition) is 4. The van der Waals surface area contributed by atoms with Crippen molar-refractivity contribution in [3.8, 4) is 11.5 Å². The smallest absolute Gasteiger partial charge is 0.310 e. The Bertz CT molecular complexity index is 537. The van der Waals surface area contributed by atoms with Gasteiger partial charge in [0.05, 0.1) is 19.2 Å². The summed E-state index contributed by atoms with van der Waals surface area (Å²) in [4.78, 5) is 15.6. The highest BCUT2D eigenvalue weighted by Gasteiger charge is 2.13. The number of halogens is 1. The number of aromatic nitrogens is 1. The number of esters is 1. The molecule has 1 aromatic heterocycles. The summed E-state index contributed by atoms with van der Waals surface area (Å²) >= 11 is 5.94. The predicted molar refractivity (Wildman–Crippen MR) is 67.3 cm³/mol. The van der Waals surface area contributed by atoms with Crippen LogP contribution in [0.2, 0.25) is 5.02 Å². The third-order valence-corrected chi connectivity index (χ3v) is 2.61. The molecular formula is C13H12ClNO3. The van der Waals surface area contributed by atoms with Gasteiger partial charge in [0.15, 0.2) is 0 Å². The standard InChI is InChI=1S/C13H12ClNO3/c1-2-17-12(16)8-9-7-10(14)3-4-11(9)13-15-5-6-18-13/h3-7H,2,8H2,1H3. The highest BCUT2D eigenvalue weighted by atomic mass is 35.5. The van der Waals surface area contributed by atoms with E-state index >= 15 is 0 Å². The van der Waals surface area contributed by atoms with Crippen LogP contribution in [0.4, 0.5) is 0 Å². The number of rotatable bonds is 4. The topological polar surface area (TPSA) is 52.3 Å². The van der Waals surface area contributed by atoms with Crippen LogP contribution < -0.4 is 0 Å².